The highest BCUT2D eigenvalue weighted by Gasteiger charge is 2.35. The summed E-state index contributed by atoms with van der Waals surface area (Å²) in [5.74, 6) is -0.315. The van der Waals surface area contributed by atoms with Crippen molar-refractivity contribution in [2.24, 2.45) is 0 Å². The fourth-order valence-electron chi connectivity index (χ4n) is 2.34. The van der Waals surface area contributed by atoms with Crippen molar-refractivity contribution in [3.63, 3.8) is 0 Å². The standard InChI is InChI=1S/C16H9F6N3/c17-15(18,19)11-6-2-1-5-10(11)14-23-9-25(24-14)13-8-4-3-7-12(13)16(20,21)22/h1-9H. The number of hydrogen-bond donors (Lipinski definition) is 0. The van der Waals surface area contributed by atoms with Gasteiger partial charge >= 0.3 is 12.4 Å². The molecule has 0 aliphatic rings. The molecule has 0 fully saturated rings. The molecule has 0 radical (unpaired) electrons. The average Bonchev–Trinajstić information content (AvgIpc) is 3.03. The van der Waals surface area contributed by atoms with Gasteiger partial charge in [-0.05, 0) is 18.2 Å². The zero-order valence-electron chi connectivity index (χ0n) is 12.3. The molecule has 1 aromatic heterocycles. The highest BCUT2D eigenvalue weighted by molar-refractivity contribution is 5.61. The lowest BCUT2D eigenvalue weighted by atomic mass is 10.1. The van der Waals surface area contributed by atoms with Gasteiger partial charge < -0.3 is 0 Å². The van der Waals surface area contributed by atoms with Gasteiger partial charge in [0.1, 0.15) is 6.33 Å². The molecule has 0 atom stereocenters. The van der Waals surface area contributed by atoms with Crippen molar-refractivity contribution in [2.75, 3.05) is 0 Å². The molecule has 0 amide bonds. The van der Waals surface area contributed by atoms with E-state index in [0.29, 0.717) is 0 Å². The molecule has 0 unspecified atom stereocenters. The van der Waals surface area contributed by atoms with Crippen LogP contribution in [0.5, 0.6) is 0 Å². The minimum atomic E-state index is -4.63. The number of para-hydroxylation sites is 1. The van der Waals surface area contributed by atoms with Crippen LogP contribution in [0.3, 0.4) is 0 Å². The average molecular weight is 357 g/mol. The third kappa shape index (κ3) is 3.35. The van der Waals surface area contributed by atoms with Crippen molar-refractivity contribution in [1.82, 2.24) is 14.8 Å². The van der Waals surface area contributed by atoms with Crippen molar-refractivity contribution in [3.05, 3.63) is 66.0 Å². The molecular weight excluding hydrogens is 348 g/mol. The van der Waals surface area contributed by atoms with Crippen LogP contribution < -0.4 is 0 Å². The van der Waals surface area contributed by atoms with E-state index in [9.17, 15) is 26.3 Å². The van der Waals surface area contributed by atoms with Crippen LogP contribution >= 0.6 is 0 Å². The second kappa shape index (κ2) is 5.91. The topological polar surface area (TPSA) is 30.7 Å². The lowest BCUT2D eigenvalue weighted by Gasteiger charge is -2.12. The van der Waals surface area contributed by atoms with Gasteiger partial charge in [0, 0.05) is 5.56 Å². The molecule has 2 aromatic carbocycles. The minimum Gasteiger partial charge on any atom is -0.220 e. The van der Waals surface area contributed by atoms with Crippen LogP contribution in [0.1, 0.15) is 11.1 Å². The Labute approximate surface area is 137 Å². The Kier molecular flexibility index (Phi) is 4.02. The van der Waals surface area contributed by atoms with Crippen molar-refractivity contribution in [3.8, 4) is 17.1 Å². The maximum atomic E-state index is 13.1. The molecule has 3 rings (SSSR count). The molecule has 0 aliphatic heterocycles. The van der Waals surface area contributed by atoms with E-state index in [0.717, 1.165) is 35.3 Å². The van der Waals surface area contributed by atoms with Crippen molar-refractivity contribution < 1.29 is 26.3 Å². The fourth-order valence-corrected chi connectivity index (χ4v) is 2.34. The highest BCUT2D eigenvalue weighted by atomic mass is 19.4. The summed E-state index contributed by atoms with van der Waals surface area (Å²) in [6, 6.07) is 9.21. The molecule has 130 valence electrons. The number of nitrogens with zero attached hydrogens (tertiary/aromatic N) is 3. The van der Waals surface area contributed by atoms with Crippen molar-refractivity contribution in [2.45, 2.75) is 12.4 Å². The second-order valence-corrected chi connectivity index (χ2v) is 5.07. The van der Waals surface area contributed by atoms with E-state index in [2.05, 4.69) is 10.1 Å². The van der Waals surface area contributed by atoms with Crippen LogP contribution in [0.4, 0.5) is 26.3 Å². The van der Waals surface area contributed by atoms with E-state index in [4.69, 9.17) is 0 Å². The maximum absolute atomic E-state index is 13.1. The van der Waals surface area contributed by atoms with E-state index >= 15 is 0 Å². The van der Waals surface area contributed by atoms with Crippen molar-refractivity contribution in [1.29, 1.82) is 0 Å². The Hall–Kier alpha value is -2.84. The Morgan fingerprint density at radius 3 is 1.92 bits per heavy atom. The van der Waals surface area contributed by atoms with Crippen LogP contribution in [0.15, 0.2) is 54.9 Å². The molecule has 0 saturated carbocycles. The van der Waals surface area contributed by atoms with Gasteiger partial charge in [0.05, 0.1) is 16.8 Å². The molecule has 0 bridgehead atoms. The largest absolute Gasteiger partial charge is 0.418 e. The molecule has 0 spiro atoms. The number of hydrogen-bond acceptors (Lipinski definition) is 2. The molecule has 1 heterocycles. The Morgan fingerprint density at radius 2 is 1.28 bits per heavy atom. The molecule has 0 aliphatic carbocycles. The summed E-state index contributed by atoms with van der Waals surface area (Å²) in [4.78, 5) is 3.74. The Bertz CT molecular complexity index is 823. The lowest BCUT2D eigenvalue weighted by Crippen LogP contribution is -2.11. The smallest absolute Gasteiger partial charge is 0.220 e. The summed E-state index contributed by atoms with van der Waals surface area (Å²) in [7, 11) is 0. The van der Waals surface area contributed by atoms with E-state index in [1.807, 2.05) is 0 Å². The van der Waals surface area contributed by atoms with Crippen LogP contribution in [-0.2, 0) is 12.4 Å². The zero-order chi connectivity index (χ0) is 18.2. The number of rotatable bonds is 2. The lowest BCUT2D eigenvalue weighted by molar-refractivity contribution is -0.138. The van der Waals surface area contributed by atoms with Gasteiger partial charge in [0.15, 0.2) is 5.82 Å². The second-order valence-electron chi connectivity index (χ2n) is 5.07. The maximum Gasteiger partial charge on any atom is 0.418 e. The molecule has 0 saturated heterocycles. The SMILES string of the molecule is FC(F)(F)c1ccccc1-c1ncn(-c2ccccc2C(F)(F)F)n1. The minimum absolute atomic E-state index is 0.307. The number of halogens is 6. The third-order valence-electron chi connectivity index (χ3n) is 3.42. The van der Waals surface area contributed by atoms with Crippen molar-refractivity contribution >= 4 is 0 Å². The normalized spacial score (nSPS) is 12.4. The van der Waals surface area contributed by atoms with Gasteiger partial charge in [-0.25, -0.2) is 9.67 Å². The van der Waals surface area contributed by atoms with E-state index < -0.39 is 23.5 Å². The molecule has 0 N–H and O–H groups in total. The first kappa shape index (κ1) is 17.0. The van der Waals surface area contributed by atoms with Gasteiger partial charge in [-0.3, -0.25) is 0 Å². The van der Waals surface area contributed by atoms with Gasteiger partial charge in [0.25, 0.3) is 0 Å². The molecule has 9 heteroatoms. The molecule has 3 aromatic rings. The molecular formula is C16H9F6N3. The Morgan fingerprint density at radius 1 is 0.720 bits per heavy atom. The summed E-state index contributed by atoms with van der Waals surface area (Å²) in [5, 5.41) is 3.80. The monoisotopic (exact) mass is 357 g/mol. The van der Waals surface area contributed by atoms with Crippen LogP contribution in [0, 0.1) is 0 Å². The number of alkyl halides is 6. The summed E-state index contributed by atoms with van der Waals surface area (Å²) >= 11 is 0. The highest BCUT2D eigenvalue weighted by Crippen LogP contribution is 2.36. The van der Waals surface area contributed by atoms with Gasteiger partial charge in [-0.2, -0.15) is 26.3 Å². The van der Waals surface area contributed by atoms with Crippen LogP contribution in [-0.4, -0.2) is 14.8 Å². The third-order valence-corrected chi connectivity index (χ3v) is 3.42. The summed E-state index contributed by atoms with van der Waals surface area (Å²) in [6.07, 6.45) is -8.31. The van der Waals surface area contributed by atoms with E-state index in [1.165, 1.54) is 24.3 Å². The summed E-state index contributed by atoms with van der Waals surface area (Å²) in [5.41, 5.74) is -2.55. The predicted molar refractivity (Wildman–Crippen MR) is 76.8 cm³/mol. The quantitative estimate of drug-likeness (QED) is 0.606. The predicted octanol–water partition coefficient (Wildman–Crippen LogP) is 4.97. The van der Waals surface area contributed by atoms with E-state index in [-0.39, 0.29) is 17.1 Å². The first-order chi connectivity index (χ1) is 11.7. The molecule has 3 nitrogen and oxygen atoms in total. The first-order valence-electron chi connectivity index (χ1n) is 6.93. The van der Waals surface area contributed by atoms with E-state index in [1.54, 1.807) is 0 Å². The first-order valence-corrected chi connectivity index (χ1v) is 6.93. The Balaban J connectivity index is 2.10. The fraction of sp³-hybridized carbons (Fsp3) is 0.125. The number of benzene rings is 2. The van der Waals surface area contributed by atoms with Gasteiger partial charge in [-0.1, -0.05) is 30.3 Å². The molecule has 25 heavy (non-hydrogen) atoms. The summed E-state index contributed by atoms with van der Waals surface area (Å²) < 4.78 is 79.3. The summed E-state index contributed by atoms with van der Waals surface area (Å²) in [6.45, 7) is 0. The van der Waals surface area contributed by atoms with Gasteiger partial charge in [0.2, 0.25) is 0 Å². The zero-order valence-corrected chi connectivity index (χ0v) is 12.3. The van der Waals surface area contributed by atoms with Crippen LogP contribution in [0.25, 0.3) is 17.1 Å². The van der Waals surface area contributed by atoms with Crippen LogP contribution in [0.2, 0.25) is 0 Å². The van der Waals surface area contributed by atoms with Gasteiger partial charge in [-0.15, -0.1) is 5.10 Å². The number of aromatic nitrogens is 3.